The number of hydrogen-bond acceptors (Lipinski definition) is 8. The molecule has 29 heavy (non-hydrogen) atoms. The van der Waals surface area contributed by atoms with Gasteiger partial charge < -0.3 is 10.5 Å². The Balaban J connectivity index is 1.45. The van der Waals surface area contributed by atoms with E-state index in [1.54, 1.807) is 42.6 Å². The topological polar surface area (TPSA) is 127 Å². The molecule has 0 unspecified atom stereocenters. The van der Waals surface area contributed by atoms with Crippen molar-refractivity contribution in [3.63, 3.8) is 0 Å². The Morgan fingerprint density at radius 3 is 2.72 bits per heavy atom. The second kappa shape index (κ2) is 7.49. The Kier molecular flexibility index (Phi) is 4.87. The van der Waals surface area contributed by atoms with Gasteiger partial charge in [0.15, 0.2) is 0 Å². The molecule has 0 bridgehead atoms. The molecule has 148 valence electrons. The number of ether oxygens (including phenoxy) is 1. The van der Waals surface area contributed by atoms with E-state index < -0.39 is 17.9 Å². The van der Waals surface area contributed by atoms with Crippen LogP contribution < -0.4 is 26.2 Å². The van der Waals surface area contributed by atoms with E-state index in [-0.39, 0.29) is 17.2 Å². The molecule has 1 atom stereocenters. The average molecular weight is 411 g/mol. The molecular weight excluding hydrogens is 394 g/mol. The highest BCUT2D eigenvalue weighted by Gasteiger charge is 2.39. The van der Waals surface area contributed by atoms with E-state index in [1.807, 2.05) is 0 Å². The van der Waals surface area contributed by atoms with Crippen LogP contribution in [-0.2, 0) is 9.59 Å². The first-order valence-electron chi connectivity index (χ1n) is 8.69. The van der Waals surface area contributed by atoms with E-state index in [4.69, 9.17) is 10.5 Å². The minimum atomic E-state index is -0.873. The lowest BCUT2D eigenvalue weighted by atomic mass is 10.2. The molecule has 4 rings (SSSR count). The van der Waals surface area contributed by atoms with E-state index >= 15 is 0 Å². The number of nitrogen functional groups attached to an aromatic ring is 1. The fourth-order valence-electron chi connectivity index (χ4n) is 3.08. The van der Waals surface area contributed by atoms with Crippen molar-refractivity contribution in [1.82, 2.24) is 15.8 Å². The number of aromatic nitrogens is 1. The van der Waals surface area contributed by atoms with Crippen molar-refractivity contribution in [2.75, 3.05) is 17.7 Å². The number of carbonyl (C=O) groups is 3. The lowest BCUT2D eigenvalue weighted by Crippen LogP contribution is -2.48. The van der Waals surface area contributed by atoms with E-state index in [0.29, 0.717) is 27.3 Å². The molecule has 1 aromatic carbocycles. The molecule has 1 aliphatic rings. The number of fused-ring (bicyclic) bond motifs is 1. The second-order valence-corrected chi connectivity index (χ2v) is 7.32. The molecule has 3 amide bonds. The molecule has 1 saturated heterocycles. The second-order valence-electron chi connectivity index (χ2n) is 6.32. The van der Waals surface area contributed by atoms with Crippen molar-refractivity contribution in [1.29, 1.82) is 0 Å². The number of imide groups is 1. The first kappa shape index (κ1) is 18.8. The van der Waals surface area contributed by atoms with Crippen LogP contribution in [0.4, 0.5) is 11.4 Å². The molecule has 1 aliphatic heterocycles. The van der Waals surface area contributed by atoms with Gasteiger partial charge in [-0.25, -0.2) is 15.3 Å². The van der Waals surface area contributed by atoms with Crippen LogP contribution in [0.15, 0.2) is 42.6 Å². The number of nitrogens with two attached hydrogens (primary N) is 1. The smallest absolute Gasteiger partial charge is 0.277 e. The van der Waals surface area contributed by atoms with Crippen LogP contribution in [0.1, 0.15) is 16.1 Å². The molecule has 2 aromatic heterocycles. The molecule has 1 fully saturated rings. The number of nitrogens with zero attached hydrogens (tertiary/aromatic N) is 2. The monoisotopic (exact) mass is 411 g/mol. The largest absolute Gasteiger partial charge is 0.497 e. The summed E-state index contributed by atoms with van der Waals surface area (Å²) in [4.78, 5) is 43.7. The predicted octanol–water partition coefficient (Wildman–Crippen LogP) is 1.45. The zero-order valence-electron chi connectivity index (χ0n) is 15.3. The maximum atomic E-state index is 12.7. The summed E-state index contributed by atoms with van der Waals surface area (Å²) in [5.41, 5.74) is 11.9. The Morgan fingerprint density at radius 2 is 2.03 bits per heavy atom. The van der Waals surface area contributed by atoms with E-state index in [2.05, 4.69) is 15.8 Å². The van der Waals surface area contributed by atoms with Crippen LogP contribution in [0.5, 0.6) is 5.75 Å². The molecule has 3 heterocycles. The number of anilines is 2. The molecule has 0 radical (unpaired) electrons. The van der Waals surface area contributed by atoms with Crippen molar-refractivity contribution in [3.05, 3.63) is 47.5 Å². The first-order chi connectivity index (χ1) is 14.0. The third-order valence-corrected chi connectivity index (χ3v) is 5.68. The highest BCUT2D eigenvalue weighted by Crippen LogP contribution is 2.31. The van der Waals surface area contributed by atoms with Crippen LogP contribution in [0.3, 0.4) is 0 Å². The standard InChI is InChI=1S/C19H17N5O4S/c1-28-11-6-4-10(5-7-11)24-14(25)9-13(19(24)27)22-23-17(26)16-15(20)12-3-2-8-21-18(12)29-16/h2-8,13,22H,9,20H2,1H3,(H,23,26)/t13-/m0/s1. The van der Waals surface area contributed by atoms with Gasteiger partial charge in [-0.15, -0.1) is 11.3 Å². The minimum absolute atomic E-state index is 0.0748. The Bertz CT molecular complexity index is 1110. The first-order valence-corrected chi connectivity index (χ1v) is 9.51. The van der Waals surface area contributed by atoms with Gasteiger partial charge in [0, 0.05) is 11.6 Å². The van der Waals surface area contributed by atoms with Crippen LogP contribution in [-0.4, -0.2) is 35.9 Å². The third-order valence-electron chi connectivity index (χ3n) is 4.55. The van der Waals surface area contributed by atoms with Crippen molar-refractivity contribution < 1.29 is 19.1 Å². The summed E-state index contributed by atoms with van der Waals surface area (Å²) in [5.74, 6) is -0.692. The SMILES string of the molecule is COc1ccc(N2C(=O)C[C@H](NNC(=O)c3sc4ncccc4c3N)C2=O)cc1. The van der Waals surface area contributed by atoms with Crippen LogP contribution in [0, 0.1) is 0 Å². The van der Waals surface area contributed by atoms with Crippen molar-refractivity contribution in [2.45, 2.75) is 12.5 Å². The van der Waals surface area contributed by atoms with Crippen LogP contribution in [0.2, 0.25) is 0 Å². The van der Waals surface area contributed by atoms with Gasteiger partial charge in [0.2, 0.25) is 5.91 Å². The van der Waals surface area contributed by atoms with Gasteiger partial charge in [0.25, 0.3) is 11.8 Å². The molecule has 4 N–H and O–H groups in total. The normalized spacial score (nSPS) is 16.4. The van der Waals surface area contributed by atoms with Gasteiger partial charge in [-0.05, 0) is 36.4 Å². The predicted molar refractivity (Wildman–Crippen MR) is 109 cm³/mol. The lowest BCUT2D eigenvalue weighted by molar-refractivity contribution is -0.121. The van der Waals surface area contributed by atoms with Gasteiger partial charge in [-0.3, -0.25) is 19.8 Å². The van der Waals surface area contributed by atoms with E-state index in [9.17, 15) is 14.4 Å². The Labute approximate surface area is 169 Å². The highest BCUT2D eigenvalue weighted by molar-refractivity contribution is 7.21. The van der Waals surface area contributed by atoms with Crippen molar-refractivity contribution in [2.24, 2.45) is 0 Å². The fraction of sp³-hybridized carbons (Fsp3) is 0.158. The number of hydrazine groups is 1. The Hall–Kier alpha value is -3.50. The van der Waals surface area contributed by atoms with Crippen LogP contribution in [0.25, 0.3) is 10.2 Å². The van der Waals surface area contributed by atoms with E-state index in [1.165, 1.54) is 7.11 Å². The third kappa shape index (κ3) is 3.39. The summed E-state index contributed by atoms with van der Waals surface area (Å²) in [6, 6.07) is 9.22. The molecule has 0 spiro atoms. The average Bonchev–Trinajstić information content (AvgIpc) is 3.22. The van der Waals surface area contributed by atoms with Crippen molar-refractivity contribution >= 4 is 50.6 Å². The summed E-state index contributed by atoms with van der Waals surface area (Å²) in [6.45, 7) is 0. The molecule has 3 aromatic rings. The lowest BCUT2D eigenvalue weighted by Gasteiger charge is -2.16. The Morgan fingerprint density at radius 1 is 1.28 bits per heavy atom. The number of thiophene rings is 1. The zero-order chi connectivity index (χ0) is 20.5. The summed E-state index contributed by atoms with van der Waals surface area (Å²) >= 11 is 1.15. The van der Waals surface area contributed by atoms with Crippen molar-refractivity contribution in [3.8, 4) is 5.75 Å². The summed E-state index contributed by atoms with van der Waals surface area (Å²) in [6.07, 6.45) is 1.55. The van der Waals surface area contributed by atoms with Gasteiger partial charge in [0.1, 0.15) is 21.5 Å². The highest BCUT2D eigenvalue weighted by atomic mass is 32.1. The number of rotatable bonds is 5. The number of methoxy groups -OCH3 is 1. The molecule has 10 heteroatoms. The molecule has 9 nitrogen and oxygen atoms in total. The summed E-state index contributed by atoms with van der Waals surface area (Å²) < 4.78 is 5.08. The quantitative estimate of drug-likeness (QED) is 0.428. The van der Waals surface area contributed by atoms with Gasteiger partial charge >= 0.3 is 0 Å². The molecular formula is C19H17N5O4S. The van der Waals surface area contributed by atoms with Gasteiger partial charge in [-0.1, -0.05) is 0 Å². The number of carbonyl (C=O) groups excluding carboxylic acids is 3. The number of nitrogens with one attached hydrogen (secondary N) is 2. The number of hydrogen-bond donors (Lipinski definition) is 3. The fourth-order valence-corrected chi connectivity index (χ4v) is 4.03. The number of amides is 3. The van der Waals surface area contributed by atoms with E-state index in [0.717, 1.165) is 16.2 Å². The van der Waals surface area contributed by atoms with Gasteiger partial charge in [-0.2, -0.15) is 0 Å². The number of pyridine rings is 1. The van der Waals surface area contributed by atoms with Crippen LogP contribution >= 0.6 is 11.3 Å². The molecule has 0 saturated carbocycles. The summed E-state index contributed by atoms with van der Waals surface area (Å²) in [5, 5.41) is 0.695. The molecule has 0 aliphatic carbocycles. The summed E-state index contributed by atoms with van der Waals surface area (Å²) in [7, 11) is 1.53. The zero-order valence-corrected chi connectivity index (χ0v) is 16.2. The maximum absolute atomic E-state index is 12.7. The van der Waals surface area contributed by atoms with Gasteiger partial charge in [0.05, 0.1) is 24.9 Å². The maximum Gasteiger partial charge on any atom is 0.277 e. The minimum Gasteiger partial charge on any atom is -0.497 e. The number of benzene rings is 1.